The number of carbonyl (C=O) groups is 2. The number of hydrogen-bond acceptors (Lipinski definition) is 4. The summed E-state index contributed by atoms with van der Waals surface area (Å²) in [5.74, 6) is -1.02. The minimum absolute atomic E-state index is 0.128. The van der Waals surface area contributed by atoms with Gasteiger partial charge < -0.3 is 16.4 Å². The maximum absolute atomic E-state index is 13.4. The zero-order valence-corrected chi connectivity index (χ0v) is 18.6. The monoisotopic (exact) mass is 473 g/mol. The lowest BCUT2D eigenvalue weighted by molar-refractivity contribution is -0.141. The lowest BCUT2D eigenvalue weighted by Crippen LogP contribution is -2.37. The van der Waals surface area contributed by atoms with Gasteiger partial charge in [0.2, 0.25) is 5.91 Å². The molecule has 1 heterocycles. The van der Waals surface area contributed by atoms with Crippen molar-refractivity contribution in [2.75, 3.05) is 6.54 Å². The van der Waals surface area contributed by atoms with Gasteiger partial charge in [-0.3, -0.25) is 9.59 Å². The molecular formula is C24H26F3N5O2. The maximum atomic E-state index is 13.4. The molecule has 0 radical (unpaired) electrons. The van der Waals surface area contributed by atoms with Crippen LogP contribution in [0, 0.1) is 0 Å². The zero-order chi connectivity index (χ0) is 24.7. The number of nitrogens with one attached hydrogen (secondary N) is 2. The number of halogens is 3. The van der Waals surface area contributed by atoms with Gasteiger partial charge >= 0.3 is 6.18 Å². The molecule has 10 heteroatoms. The lowest BCUT2D eigenvalue weighted by atomic mass is 10.1. The van der Waals surface area contributed by atoms with Gasteiger partial charge in [0, 0.05) is 19.2 Å². The van der Waals surface area contributed by atoms with E-state index in [1.807, 2.05) is 30.3 Å². The topological polar surface area (TPSA) is 102 Å². The average molecular weight is 473 g/mol. The average Bonchev–Trinajstić information content (AvgIpc) is 3.27. The van der Waals surface area contributed by atoms with Crippen LogP contribution in [-0.2, 0) is 23.9 Å². The van der Waals surface area contributed by atoms with Crippen molar-refractivity contribution in [1.82, 2.24) is 20.4 Å². The van der Waals surface area contributed by atoms with Crippen LogP contribution in [-0.4, -0.2) is 34.2 Å². The molecule has 0 fully saturated rings. The number of carbonyl (C=O) groups excluding carboxylic acids is 2. The molecule has 0 saturated carbocycles. The van der Waals surface area contributed by atoms with Gasteiger partial charge in [0.1, 0.15) is 5.69 Å². The molecule has 3 rings (SSSR count). The van der Waals surface area contributed by atoms with Gasteiger partial charge in [0.25, 0.3) is 5.91 Å². The van der Waals surface area contributed by atoms with Crippen molar-refractivity contribution in [3.63, 3.8) is 0 Å². The molecule has 3 aromatic rings. The Morgan fingerprint density at radius 1 is 1.03 bits per heavy atom. The lowest BCUT2D eigenvalue weighted by Gasteiger charge is -2.11. The van der Waals surface area contributed by atoms with E-state index in [4.69, 9.17) is 5.73 Å². The summed E-state index contributed by atoms with van der Waals surface area (Å²) >= 11 is 0. The first-order valence-corrected chi connectivity index (χ1v) is 10.8. The second-order valence-electron chi connectivity index (χ2n) is 7.85. The third kappa shape index (κ3) is 6.67. The maximum Gasteiger partial charge on any atom is 0.435 e. The minimum atomic E-state index is -4.71. The van der Waals surface area contributed by atoms with Crippen LogP contribution in [0.5, 0.6) is 0 Å². The van der Waals surface area contributed by atoms with Gasteiger partial charge in [0.15, 0.2) is 5.69 Å². The zero-order valence-electron chi connectivity index (χ0n) is 18.6. The summed E-state index contributed by atoms with van der Waals surface area (Å²) in [5.41, 5.74) is 6.10. The number of amides is 2. The van der Waals surface area contributed by atoms with Gasteiger partial charge in [-0.25, -0.2) is 4.68 Å². The van der Waals surface area contributed by atoms with Crippen LogP contribution in [0.2, 0.25) is 0 Å². The summed E-state index contributed by atoms with van der Waals surface area (Å²) in [6, 6.07) is 16.1. The predicted octanol–water partition coefficient (Wildman–Crippen LogP) is 3.22. The smallest absolute Gasteiger partial charge is 0.351 e. The number of nitrogens with two attached hydrogens (primary N) is 1. The Hall–Kier alpha value is -3.66. The molecule has 7 nitrogen and oxygen atoms in total. The number of aryl methyl sites for hydroxylation is 1. The van der Waals surface area contributed by atoms with Gasteiger partial charge in [0.05, 0.1) is 11.7 Å². The Morgan fingerprint density at radius 2 is 1.74 bits per heavy atom. The molecule has 0 unspecified atom stereocenters. The molecule has 180 valence electrons. The van der Waals surface area contributed by atoms with E-state index in [-0.39, 0.29) is 23.8 Å². The summed E-state index contributed by atoms with van der Waals surface area (Å²) < 4.78 is 41.0. The molecule has 0 bridgehead atoms. The number of hydrogen-bond donors (Lipinski definition) is 3. The van der Waals surface area contributed by atoms with E-state index in [1.165, 1.54) is 6.07 Å². The molecule has 1 aromatic heterocycles. The van der Waals surface area contributed by atoms with Crippen molar-refractivity contribution >= 4 is 11.8 Å². The SMILES string of the molecule is C[C@H](N)C(=O)NCc1cccc(-n2nc(C(F)(F)F)cc2C(=O)NCCCc2ccccc2)c1. The Morgan fingerprint density at radius 3 is 2.41 bits per heavy atom. The van der Waals surface area contributed by atoms with Crippen LogP contribution in [0.3, 0.4) is 0 Å². The highest BCUT2D eigenvalue weighted by molar-refractivity contribution is 5.93. The first-order valence-electron chi connectivity index (χ1n) is 10.8. The van der Waals surface area contributed by atoms with Crippen LogP contribution in [0.25, 0.3) is 5.69 Å². The fraction of sp³-hybridized carbons (Fsp3) is 0.292. The number of benzene rings is 2. The Balaban J connectivity index is 1.76. The van der Waals surface area contributed by atoms with Crippen molar-refractivity contribution in [3.05, 3.63) is 83.2 Å². The van der Waals surface area contributed by atoms with E-state index in [0.717, 1.165) is 22.7 Å². The Labute approximate surface area is 195 Å². The molecule has 0 saturated heterocycles. The largest absolute Gasteiger partial charge is 0.435 e. The van der Waals surface area contributed by atoms with E-state index in [0.29, 0.717) is 18.5 Å². The molecule has 4 N–H and O–H groups in total. The van der Waals surface area contributed by atoms with Crippen molar-refractivity contribution in [2.45, 2.75) is 38.5 Å². The summed E-state index contributed by atoms with van der Waals surface area (Å²) in [6.45, 7) is 1.96. The summed E-state index contributed by atoms with van der Waals surface area (Å²) in [4.78, 5) is 24.5. The second-order valence-corrected chi connectivity index (χ2v) is 7.85. The van der Waals surface area contributed by atoms with Crippen molar-refractivity contribution in [2.24, 2.45) is 5.73 Å². The standard InChI is InChI=1S/C24H26F3N5O2/c1-16(28)22(33)30-15-18-9-5-11-19(13-18)32-20(14-21(31-32)24(25,26)27)23(34)29-12-6-10-17-7-3-2-4-8-17/h2-5,7-9,11,13-14,16H,6,10,12,15,28H2,1H3,(H,29,34)(H,30,33)/t16-/m0/s1. The van der Waals surface area contributed by atoms with Crippen molar-refractivity contribution < 1.29 is 22.8 Å². The van der Waals surface area contributed by atoms with E-state index in [2.05, 4.69) is 15.7 Å². The molecule has 0 aliphatic carbocycles. The predicted molar refractivity (Wildman–Crippen MR) is 121 cm³/mol. The summed E-state index contributed by atoms with van der Waals surface area (Å²) in [7, 11) is 0. The molecule has 2 aromatic carbocycles. The fourth-order valence-electron chi connectivity index (χ4n) is 3.26. The normalized spacial score (nSPS) is 12.3. The number of rotatable bonds is 9. The van der Waals surface area contributed by atoms with Gasteiger partial charge in [-0.15, -0.1) is 0 Å². The summed E-state index contributed by atoms with van der Waals surface area (Å²) in [6.07, 6.45) is -3.36. The van der Waals surface area contributed by atoms with E-state index in [1.54, 1.807) is 25.1 Å². The second kappa shape index (κ2) is 11.0. The first-order chi connectivity index (χ1) is 16.1. The van der Waals surface area contributed by atoms with Gasteiger partial charge in [-0.05, 0) is 43.0 Å². The molecule has 34 heavy (non-hydrogen) atoms. The summed E-state index contributed by atoms with van der Waals surface area (Å²) in [5, 5.41) is 8.95. The fourth-order valence-corrected chi connectivity index (χ4v) is 3.26. The Bertz CT molecular complexity index is 1130. The third-order valence-corrected chi connectivity index (χ3v) is 5.04. The number of aromatic nitrogens is 2. The Kier molecular flexibility index (Phi) is 8.06. The van der Waals surface area contributed by atoms with Crippen molar-refractivity contribution in [1.29, 1.82) is 0 Å². The van der Waals surface area contributed by atoms with Crippen LogP contribution in [0.1, 0.15) is 40.7 Å². The van der Waals surface area contributed by atoms with E-state index in [9.17, 15) is 22.8 Å². The quantitative estimate of drug-likeness (QED) is 0.416. The van der Waals surface area contributed by atoms with Crippen molar-refractivity contribution in [3.8, 4) is 5.69 Å². The van der Waals surface area contributed by atoms with Crippen LogP contribution in [0.15, 0.2) is 60.7 Å². The molecular weight excluding hydrogens is 447 g/mol. The van der Waals surface area contributed by atoms with Crippen LogP contribution in [0.4, 0.5) is 13.2 Å². The first kappa shape index (κ1) is 25.0. The molecule has 0 aliphatic rings. The van der Waals surface area contributed by atoms with Gasteiger partial charge in [-0.1, -0.05) is 42.5 Å². The van der Waals surface area contributed by atoms with Gasteiger partial charge in [-0.2, -0.15) is 18.3 Å². The highest BCUT2D eigenvalue weighted by Crippen LogP contribution is 2.29. The molecule has 2 amide bonds. The van der Waals surface area contributed by atoms with E-state index >= 15 is 0 Å². The number of alkyl halides is 3. The minimum Gasteiger partial charge on any atom is -0.351 e. The number of nitrogens with zero attached hydrogens (tertiary/aromatic N) is 2. The van der Waals surface area contributed by atoms with Crippen LogP contribution < -0.4 is 16.4 Å². The molecule has 0 aliphatic heterocycles. The van der Waals surface area contributed by atoms with Crippen LogP contribution >= 0.6 is 0 Å². The highest BCUT2D eigenvalue weighted by atomic mass is 19.4. The highest BCUT2D eigenvalue weighted by Gasteiger charge is 2.36. The third-order valence-electron chi connectivity index (χ3n) is 5.04. The van der Waals surface area contributed by atoms with E-state index < -0.39 is 23.8 Å². The molecule has 1 atom stereocenters. The molecule has 0 spiro atoms.